The first-order chi connectivity index (χ1) is 8.02. The average Bonchev–Trinajstić information content (AvgIpc) is 2.73. The Morgan fingerprint density at radius 3 is 2.82 bits per heavy atom. The SMILES string of the molecule is NC(=O)c1n[nH]nc1-c1c(Br)ccc(Cl)c1O. The predicted octanol–water partition coefficient (Wildman–Crippen LogP) is 1.69. The molecule has 0 saturated carbocycles. The summed E-state index contributed by atoms with van der Waals surface area (Å²) in [6, 6.07) is 3.13. The molecule has 0 atom stereocenters. The Morgan fingerprint density at radius 2 is 2.18 bits per heavy atom. The number of phenols is 1. The molecule has 88 valence electrons. The van der Waals surface area contributed by atoms with E-state index in [-0.39, 0.29) is 27.7 Å². The summed E-state index contributed by atoms with van der Waals surface area (Å²) in [5.74, 6) is -0.947. The van der Waals surface area contributed by atoms with Crippen molar-refractivity contribution in [2.24, 2.45) is 5.73 Å². The number of aromatic nitrogens is 3. The molecule has 0 aliphatic carbocycles. The van der Waals surface area contributed by atoms with Crippen molar-refractivity contribution in [2.45, 2.75) is 0 Å². The van der Waals surface area contributed by atoms with E-state index >= 15 is 0 Å². The maximum absolute atomic E-state index is 11.1. The molecule has 2 aromatic rings. The van der Waals surface area contributed by atoms with Gasteiger partial charge in [0.15, 0.2) is 5.69 Å². The molecule has 1 heterocycles. The van der Waals surface area contributed by atoms with E-state index in [1.54, 1.807) is 6.07 Å². The Kier molecular flexibility index (Phi) is 3.03. The number of hydrogen-bond donors (Lipinski definition) is 3. The van der Waals surface area contributed by atoms with Crippen LogP contribution in [0.4, 0.5) is 0 Å². The van der Waals surface area contributed by atoms with Crippen molar-refractivity contribution in [2.75, 3.05) is 0 Å². The number of aromatic amines is 1. The molecule has 0 radical (unpaired) electrons. The third-order valence-electron chi connectivity index (χ3n) is 2.10. The van der Waals surface area contributed by atoms with Gasteiger partial charge in [0.2, 0.25) is 0 Å². The fraction of sp³-hybridized carbons (Fsp3) is 0. The molecule has 6 nitrogen and oxygen atoms in total. The topological polar surface area (TPSA) is 105 Å². The summed E-state index contributed by atoms with van der Waals surface area (Å²) >= 11 is 9.02. The minimum absolute atomic E-state index is 0.0664. The van der Waals surface area contributed by atoms with Crippen LogP contribution >= 0.6 is 27.5 Å². The standard InChI is InChI=1S/C9H6BrClN4O2/c10-3-1-2-4(11)8(16)5(3)6-7(9(12)17)14-15-13-6/h1-2,16H,(H2,12,17)(H,13,14,15). The van der Waals surface area contributed by atoms with Crippen LogP contribution in [0.3, 0.4) is 0 Å². The van der Waals surface area contributed by atoms with Gasteiger partial charge in [-0.25, -0.2) is 0 Å². The number of carbonyl (C=O) groups excluding carboxylic acids is 1. The van der Waals surface area contributed by atoms with Gasteiger partial charge < -0.3 is 10.8 Å². The third kappa shape index (κ3) is 1.98. The van der Waals surface area contributed by atoms with Crippen molar-refractivity contribution in [3.8, 4) is 17.0 Å². The molecule has 2 rings (SSSR count). The number of halogens is 2. The van der Waals surface area contributed by atoms with Gasteiger partial charge in [0, 0.05) is 4.47 Å². The molecule has 1 amide bonds. The van der Waals surface area contributed by atoms with Gasteiger partial charge in [0.05, 0.1) is 10.6 Å². The first-order valence-corrected chi connectivity index (χ1v) is 5.57. The second-order valence-electron chi connectivity index (χ2n) is 3.14. The lowest BCUT2D eigenvalue weighted by Crippen LogP contribution is -2.12. The Labute approximate surface area is 109 Å². The van der Waals surface area contributed by atoms with Crippen molar-refractivity contribution in [3.63, 3.8) is 0 Å². The number of carbonyl (C=O) groups is 1. The molecule has 0 spiro atoms. The number of H-pyrrole nitrogens is 1. The molecule has 0 aliphatic rings. The molecule has 0 unspecified atom stereocenters. The predicted molar refractivity (Wildman–Crippen MR) is 64.7 cm³/mol. The fourth-order valence-electron chi connectivity index (χ4n) is 1.34. The van der Waals surface area contributed by atoms with E-state index in [1.807, 2.05) is 0 Å². The van der Waals surface area contributed by atoms with Gasteiger partial charge in [-0.05, 0) is 28.1 Å². The summed E-state index contributed by atoms with van der Waals surface area (Å²) in [7, 11) is 0. The van der Waals surface area contributed by atoms with Crippen LogP contribution in [0.5, 0.6) is 5.75 Å². The smallest absolute Gasteiger partial charge is 0.271 e. The first kappa shape index (κ1) is 11.9. The number of rotatable bonds is 2. The van der Waals surface area contributed by atoms with Crippen molar-refractivity contribution < 1.29 is 9.90 Å². The summed E-state index contributed by atoms with van der Waals surface area (Å²) in [5.41, 5.74) is 5.48. The zero-order valence-electron chi connectivity index (χ0n) is 8.24. The summed E-state index contributed by atoms with van der Waals surface area (Å²) in [6.07, 6.45) is 0. The molecular weight excluding hydrogens is 311 g/mol. The van der Waals surface area contributed by atoms with Crippen LogP contribution in [-0.4, -0.2) is 26.4 Å². The second kappa shape index (κ2) is 4.34. The summed E-state index contributed by atoms with van der Waals surface area (Å²) in [4.78, 5) is 11.1. The average molecular weight is 318 g/mol. The molecule has 0 aliphatic heterocycles. The van der Waals surface area contributed by atoms with Crippen molar-refractivity contribution in [3.05, 3.63) is 27.3 Å². The molecule has 1 aromatic heterocycles. The molecule has 17 heavy (non-hydrogen) atoms. The number of hydrogen-bond acceptors (Lipinski definition) is 4. The largest absolute Gasteiger partial charge is 0.506 e. The minimum atomic E-state index is -0.750. The monoisotopic (exact) mass is 316 g/mol. The lowest BCUT2D eigenvalue weighted by atomic mass is 10.1. The number of primary amides is 1. The normalized spacial score (nSPS) is 10.5. The highest BCUT2D eigenvalue weighted by molar-refractivity contribution is 9.10. The van der Waals surface area contributed by atoms with Crippen LogP contribution in [0.1, 0.15) is 10.5 Å². The van der Waals surface area contributed by atoms with E-state index < -0.39 is 5.91 Å². The highest BCUT2D eigenvalue weighted by atomic mass is 79.9. The number of nitrogens with two attached hydrogens (primary N) is 1. The maximum atomic E-state index is 11.1. The summed E-state index contributed by atoms with van der Waals surface area (Å²) in [6.45, 7) is 0. The molecule has 0 saturated heterocycles. The van der Waals surface area contributed by atoms with Gasteiger partial charge in [0.25, 0.3) is 5.91 Å². The highest BCUT2D eigenvalue weighted by Gasteiger charge is 2.21. The van der Waals surface area contributed by atoms with Crippen LogP contribution < -0.4 is 5.73 Å². The Hall–Kier alpha value is -1.60. The van der Waals surface area contributed by atoms with Gasteiger partial charge >= 0.3 is 0 Å². The van der Waals surface area contributed by atoms with Crippen molar-refractivity contribution >= 4 is 33.4 Å². The van der Waals surface area contributed by atoms with Crippen LogP contribution in [0.25, 0.3) is 11.3 Å². The number of amides is 1. The Bertz CT molecular complexity index is 599. The van der Waals surface area contributed by atoms with Crippen LogP contribution in [0, 0.1) is 0 Å². The molecule has 0 fully saturated rings. The van der Waals surface area contributed by atoms with Gasteiger partial charge in [0.1, 0.15) is 11.4 Å². The Morgan fingerprint density at radius 1 is 1.47 bits per heavy atom. The summed E-state index contributed by atoms with van der Waals surface area (Å²) in [5, 5.41) is 19.7. The van der Waals surface area contributed by atoms with E-state index in [4.69, 9.17) is 17.3 Å². The molecule has 0 bridgehead atoms. The third-order valence-corrected chi connectivity index (χ3v) is 3.06. The number of phenolic OH excluding ortho intramolecular Hbond substituents is 1. The number of nitrogens with zero attached hydrogens (tertiary/aromatic N) is 2. The second-order valence-corrected chi connectivity index (χ2v) is 4.40. The fourth-order valence-corrected chi connectivity index (χ4v) is 2.01. The molecular formula is C9H6BrClN4O2. The van der Waals surface area contributed by atoms with Crippen molar-refractivity contribution in [1.29, 1.82) is 0 Å². The van der Waals surface area contributed by atoms with Gasteiger partial charge in [-0.1, -0.05) is 11.6 Å². The Balaban J connectivity index is 2.72. The molecule has 1 aromatic carbocycles. The van der Waals surface area contributed by atoms with Crippen molar-refractivity contribution in [1.82, 2.24) is 15.4 Å². The van der Waals surface area contributed by atoms with E-state index in [0.717, 1.165) is 0 Å². The van der Waals surface area contributed by atoms with Gasteiger partial charge in [-0.2, -0.15) is 15.4 Å². The zero-order valence-corrected chi connectivity index (χ0v) is 10.6. The number of aromatic hydroxyl groups is 1. The number of nitrogens with one attached hydrogen (secondary N) is 1. The zero-order chi connectivity index (χ0) is 12.6. The molecule has 8 heteroatoms. The lowest BCUT2D eigenvalue weighted by Gasteiger charge is -2.06. The van der Waals surface area contributed by atoms with Gasteiger partial charge in [-0.3, -0.25) is 4.79 Å². The van der Waals surface area contributed by atoms with Crippen LogP contribution in [0.15, 0.2) is 16.6 Å². The first-order valence-electron chi connectivity index (χ1n) is 4.40. The minimum Gasteiger partial charge on any atom is -0.506 e. The van der Waals surface area contributed by atoms with Gasteiger partial charge in [-0.15, -0.1) is 0 Å². The van der Waals surface area contributed by atoms with Crippen LogP contribution in [0.2, 0.25) is 5.02 Å². The quantitative estimate of drug-likeness (QED) is 0.784. The van der Waals surface area contributed by atoms with E-state index in [9.17, 15) is 9.90 Å². The van der Waals surface area contributed by atoms with E-state index in [2.05, 4.69) is 31.3 Å². The lowest BCUT2D eigenvalue weighted by molar-refractivity contribution is 0.0996. The van der Waals surface area contributed by atoms with Crippen LogP contribution in [-0.2, 0) is 0 Å². The maximum Gasteiger partial charge on any atom is 0.271 e. The summed E-state index contributed by atoms with van der Waals surface area (Å²) < 4.78 is 0.524. The number of benzene rings is 1. The van der Waals surface area contributed by atoms with E-state index in [1.165, 1.54) is 6.07 Å². The highest BCUT2D eigenvalue weighted by Crippen LogP contribution is 2.40. The molecule has 4 N–H and O–H groups in total. The van der Waals surface area contributed by atoms with E-state index in [0.29, 0.717) is 4.47 Å².